The third kappa shape index (κ3) is 6.26. The Labute approximate surface area is 103 Å². The third-order valence-corrected chi connectivity index (χ3v) is 2.44. The molecule has 5 nitrogen and oxygen atoms in total. The molecule has 0 aliphatic heterocycles. The molecule has 100 valence electrons. The summed E-state index contributed by atoms with van der Waals surface area (Å²) in [6, 6.07) is -1.20. The summed E-state index contributed by atoms with van der Waals surface area (Å²) in [6.45, 7) is 9.91. The molecule has 0 aliphatic carbocycles. The van der Waals surface area contributed by atoms with Gasteiger partial charge in [-0.2, -0.15) is 0 Å². The molecule has 0 saturated heterocycles. The van der Waals surface area contributed by atoms with E-state index in [1.165, 1.54) is 0 Å². The second kappa shape index (κ2) is 7.27. The van der Waals surface area contributed by atoms with Crippen molar-refractivity contribution in [2.45, 2.75) is 46.7 Å². The Kier molecular flexibility index (Phi) is 6.80. The van der Waals surface area contributed by atoms with Crippen LogP contribution in [0.1, 0.15) is 34.6 Å². The average molecular weight is 244 g/mol. The van der Waals surface area contributed by atoms with Gasteiger partial charge in [0.25, 0.3) is 0 Å². The first kappa shape index (κ1) is 15.9. The van der Waals surface area contributed by atoms with Gasteiger partial charge in [-0.25, -0.2) is 0 Å². The molecule has 0 aliphatic rings. The summed E-state index contributed by atoms with van der Waals surface area (Å²) in [5.41, 5.74) is 0. The second-order valence-corrected chi connectivity index (χ2v) is 5.09. The van der Waals surface area contributed by atoms with Gasteiger partial charge < -0.3 is 10.4 Å². The van der Waals surface area contributed by atoms with Crippen molar-refractivity contribution < 1.29 is 14.7 Å². The van der Waals surface area contributed by atoms with Crippen LogP contribution in [0.3, 0.4) is 0 Å². The van der Waals surface area contributed by atoms with Gasteiger partial charge in [0.05, 0.1) is 6.04 Å². The molecule has 0 bridgehead atoms. The van der Waals surface area contributed by atoms with Crippen LogP contribution in [0.2, 0.25) is 0 Å². The molecular weight excluding hydrogens is 220 g/mol. The summed E-state index contributed by atoms with van der Waals surface area (Å²) in [6.07, 6.45) is 0. The number of carboxylic acids is 1. The number of carboxylic acid groups (broad SMARTS) is 1. The van der Waals surface area contributed by atoms with Gasteiger partial charge in [0.15, 0.2) is 0 Å². The van der Waals surface area contributed by atoms with Crippen molar-refractivity contribution >= 4 is 11.9 Å². The third-order valence-electron chi connectivity index (χ3n) is 2.44. The SMILES string of the molecule is CC(C)CNC(=O)C(C)NC(C(=O)O)C(C)C. The fourth-order valence-electron chi connectivity index (χ4n) is 1.35. The van der Waals surface area contributed by atoms with E-state index in [0.29, 0.717) is 12.5 Å². The van der Waals surface area contributed by atoms with Crippen molar-refractivity contribution in [3.63, 3.8) is 0 Å². The number of amides is 1. The van der Waals surface area contributed by atoms with Crippen molar-refractivity contribution in [1.82, 2.24) is 10.6 Å². The zero-order chi connectivity index (χ0) is 13.6. The number of carbonyl (C=O) groups excluding carboxylic acids is 1. The van der Waals surface area contributed by atoms with Gasteiger partial charge in [-0.05, 0) is 18.8 Å². The van der Waals surface area contributed by atoms with Crippen molar-refractivity contribution in [2.24, 2.45) is 11.8 Å². The van der Waals surface area contributed by atoms with E-state index in [1.807, 2.05) is 27.7 Å². The lowest BCUT2D eigenvalue weighted by Gasteiger charge is -2.22. The molecule has 0 saturated carbocycles. The van der Waals surface area contributed by atoms with E-state index in [0.717, 1.165) is 0 Å². The van der Waals surface area contributed by atoms with E-state index in [2.05, 4.69) is 10.6 Å². The molecule has 0 fully saturated rings. The Bertz CT molecular complexity index is 264. The van der Waals surface area contributed by atoms with Crippen LogP contribution in [-0.4, -0.2) is 35.6 Å². The number of carbonyl (C=O) groups is 2. The summed E-state index contributed by atoms with van der Waals surface area (Å²) in [4.78, 5) is 22.6. The smallest absolute Gasteiger partial charge is 0.320 e. The zero-order valence-electron chi connectivity index (χ0n) is 11.3. The molecule has 0 aromatic heterocycles. The van der Waals surface area contributed by atoms with E-state index in [4.69, 9.17) is 5.11 Å². The zero-order valence-corrected chi connectivity index (χ0v) is 11.3. The number of hydrogen-bond donors (Lipinski definition) is 3. The van der Waals surface area contributed by atoms with Crippen LogP contribution in [-0.2, 0) is 9.59 Å². The van der Waals surface area contributed by atoms with E-state index in [9.17, 15) is 9.59 Å². The quantitative estimate of drug-likeness (QED) is 0.620. The predicted octanol–water partition coefficient (Wildman–Crippen LogP) is 0.846. The van der Waals surface area contributed by atoms with Crippen LogP contribution in [0, 0.1) is 11.8 Å². The second-order valence-electron chi connectivity index (χ2n) is 5.09. The molecule has 5 heteroatoms. The van der Waals surface area contributed by atoms with Gasteiger partial charge in [0.1, 0.15) is 6.04 Å². The van der Waals surface area contributed by atoms with Crippen LogP contribution < -0.4 is 10.6 Å². The first-order chi connectivity index (χ1) is 7.75. The molecule has 0 radical (unpaired) electrons. The maximum atomic E-state index is 11.7. The first-order valence-corrected chi connectivity index (χ1v) is 6.02. The lowest BCUT2D eigenvalue weighted by molar-refractivity contribution is -0.141. The number of rotatable bonds is 7. The molecule has 0 rings (SSSR count). The van der Waals surface area contributed by atoms with Gasteiger partial charge in [-0.15, -0.1) is 0 Å². The fraction of sp³-hybridized carbons (Fsp3) is 0.833. The van der Waals surface area contributed by atoms with E-state index >= 15 is 0 Å². The summed E-state index contributed by atoms with van der Waals surface area (Å²) in [5, 5.41) is 14.6. The standard InChI is InChI=1S/C12H24N2O3/c1-7(2)6-13-11(15)9(5)14-10(8(3)4)12(16)17/h7-10,14H,6H2,1-5H3,(H,13,15)(H,16,17). The van der Waals surface area contributed by atoms with Crippen molar-refractivity contribution in [2.75, 3.05) is 6.54 Å². The number of nitrogens with one attached hydrogen (secondary N) is 2. The molecule has 1 amide bonds. The maximum absolute atomic E-state index is 11.7. The molecule has 17 heavy (non-hydrogen) atoms. The predicted molar refractivity (Wildman–Crippen MR) is 66.7 cm³/mol. The highest BCUT2D eigenvalue weighted by atomic mass is 16.4. The van der Waals surface area contributed by atoms with Crippen molar-refractivity contribution in [3.05, 3.63) is 0 Å². The minimum absolute atomic E-state index is 0.0622. The summed E-state index contributed by atoms with van der Waals surface area (Å²) < 4.78 is 0. The molecule has 0 heterocycles. The van der Waals surface area contributed by atoms with Crippen molar-refractivity contribution in [1.29, 1.82) is 0 Å². The Hall–Kier alpha value is -1.10. The van der Waals surface area contributed by atoms with Gasteiger partial charge in [-0.1, -0.05) is 27.7 Å². The summed E-state index contributed by atoms with van der Waals surface area (Å²) in [7, 11) is 0. The Balaban J connectivity index is 4.26. The molecule has 0 aromatic rings. The normalized spacial score (nSPS) is 14.8. The fourth-order valence-corrected chi connectivity index (χ4v) is 1.35. The summed E-state index contributed by atoms with van der Waals surface area (Å²) in [5.74, 6) is -0.770. The summed E-state index contributed by atoms with van der Waals surface area (Å²) >= 11 is 0. The van der Waals surface area contributed by atoms with Crippen molar-refractivity contribution in [3.8, 4) is 0 Å². The average Bonchev–Trinajstić information content (AvgIpc) is 2.20. The monoisotopic (exact) mass is 244 g/mol. The van der Waals surface area contributed by atoms with E-state index in [-0.39, 0.29) is 11.8 Å². The minimum Gasteiger partial charge on any atom is -0.480 e. The minimum atomic E-state index is -0.927. The lowest BCUT2D eigenvalue weighted by Crippen LogP contribution is -2.51. The largest absolute Gasteiger partial charge is 0.480 e. The Morgan fingerprint density at radius 2 is 1.65 bits per heavy atom. The van der Waals surface area contributed by atoms with Crippen LogP contribution in [0.5, 0.6) is 0 Å². The van der Waals surface area contributed by atoms with Gasteiger partial charge in [-0.3, -0.25) is 14.9 Å². The highest BCUT2D eigenvalue weighted by Crippen LogP contribution is 2.03. The lowest BCUT2D eigenvalue weighted by atomic mass is 10.0. The molecule has 3 N–H and O–H groups in total. The van der Waals surface area contributed by atoms with E-state index < -0.39 is 18.1 Å². The number of hydrogen-bond acceptors (Lipinski definition) is 3. The van der Waals surface area contributed by atoms with Crippen LogP contribution in [0.15, 0.2) is 0 Å². The van der Waals surface area contributed by atoms with Crippen LogP contribution in [0.4, 0.5) is 0 Å². The highest BCUT2D eigenvalue weighted by molar-refractivity contribution is 5.82. The Morgan fingerprint density at radius 3 is 2.00 bits per heavy atom. The highest BCUT2D eigenvalue weighted by Gasteiger charge is 2.25. The Morgan fingerprint density at radius 1 is 1.12 bits per heavy atom. The van der Waals surface area contributed by atoms with Gasteiger partial charge >= 0.3 is 5.97 Å². The van der Waals surface area contributed by atoms with Gasteiger partial charge in [0, 0.05) is 6.54 Å². The first-order valence-electron chi connectivity index (χ1n) is 6.02. The van der Waals surface area contributed by atoms with Gasteiger partial charge in [0.2, 0.25) is 5.91 Å². The van der Waals surface area contributed by atoms with E-state index in [1.54, 1.807) is 6.92 Å². The van der Waals surface area contributed by atoms with Crippen LogP contribution >= 0.6 is 0 Å². The number of aliphatic carboxylic acids is 1. The molecule has 0 spiro atoms. The maximum Gasteiger partial charge on any atom is 0.320 e. The molecule has 0 aromatic carbocycles. The topological polar surface area (TPSA) is 78.4 Å². The molecule has 2 unspecified atom stereocenters. The molecular formula is C12H24N2O3. The van der Waals surface area contributed by atoms with Crippen LogP contribution in [0.25, 0.3) is 0 Å². The molecule has 2 atom stereocenters.